The Balaban J connectivity index is 1.32. The number of para-hydroxylation sites is 1. The summed E-state index contributed by atoms with van der Waals surface area (Å²) in [6.07, 6.45) is 0. The number of fused-ring (bicyclic) bond motifs is 3. The molecule has 0 saturated carbocycles. The van der Waals surface area contributed by atoms with Gasteiger partial charge in [-0.2, -0.15) is 0 Å². The number of ether oxygens (including phenoxy) is 1. The van der Waals surface area contributed by atoms with E-state index in [1.54, 1.807) is 45.0 Å². The van der Waals surface area contributed by atoms with Crippen LogP contribution in [0.4, 0.5) is 17.1 Å². The average Bonchev–Trinajstić information content (AvgIpc) is 3.77. The normalized spacial score (nSPS) is 13.9. The molecule has 1 aliphatic rings. The van der Waals surface area contributed by atoms with Gasteiger partial charge in [0.1, 0.15) is 11.3 Å². The van der Waals surface area contributed by atoms with Crippen LogP contribution in [0.5, 0.6) is 5.75 Å². The standard InChI is InChI=1S/C34H28ClN3O9/c1-16(2)28(34(42)45-4)29-17(3)24(39)13-23-30(29)20(14-35)15-37(23)33(41)27-12-19-10-21(8-9-25(19)46-27)36-32(40)26-11-18-6-5-7-22(38(43)44)31(18)47-26/h5-13,20,39H,14-15H2,1-4H3,(H,36,40). The maximum atomic E-state index is 13.9. The highest BCUT2D eigenvalue weighted by Crippen LogP contribution is 2.47. The zero-order valence-corrected chi connectivity index (χ0v) is 26.4. The van der Waals surface area contributed by atoms with Gasteiger partial charge in [0.15, 0.2) is 11.5 Å². The van der Waals surface area contributed by atoms with Crippen LogP contribution in [0.1, 0.15) is 57.6 Å². The Bertz CT molecular complexity index is 2170. The molecule has 2 aromatic heterocycles. The lowest BCUT2D eigenvalue weighted by atomic mass is 9.86. The Morgan fingerprint density at radius 3 is 2.51 bits per heavy atom. The number of rotatable bonds is 7. The summed E-state index contributed by atoms with van der Waals surface area (Å²) in [5, 5.41) is 25.9. The molecule has 2 N–H and O–H groups in total. The van der Waals surface area contributed by atoms with Crippen molar-refractivity contribution in [2.75, 3.05) is 29.8 Å². The van der Waals surface area contributed by atoms with Crippen molar-refractivity contribution in [1.29, 1.82) is 0 Å². The van der Waals surface area contributed by atoms with Crippen molar-refractivity contribution < 1.29 is 38.0 Å². The number of carbonyl (C=O) groups excluding carboxylic acids is 3. The highest BCUT2D eigenvalue weighted by molar-refractivity contribution is 6.21. The van der Waals surface area contributed by atoms with Crippen LogP contribution in [0.3, 0.4) is 0 Å². The molecule has 0 radical (unpaired) electrons. The molecule has 2 amide bonds. The second kappa shape index (κ2) is 12.0. The predicted molar refractivity (Wildman–Crippen MR) is 175 cm³/mol. The fourth-order valence-corrected chi connectivity index (χ4v) is 6.23. The van der Waals surface area contributed by atoms with Gasteiger partial charge in [0.2, 0.25) is 5.58 Å². The zero-order valence-electron chi connectivity index (χ0n) is 25.7. The van der Waals surface area contributed by atoms with E-state index >= 15 is 0 Å². The lowest BCUT2D eigenvalue weighted by molar-refractivity contribution is -0.383. The van der Waals surface area contributed by atoms with E-state index in [2.05, 4.69) is 5.32 Å². The molecular weight excluding hydrogens is 630 g/mol. The zero-order chi connectivity index (χ0) is 33.7. The number of furan rings is 2. The maximum absolute atomic E-state index is 13.9. The van der Waals surface area contributed by atoms with Crippen molar-refractivity contribution in [2.45, 2.75) is 26.7 Å². The van der Waals surface area contributed by atoms with E-state index in [0.29, 0.717) is 55.6 Å². The number of phenols is 1. The predicted octanol–water partition coefficient (Wildman–Crippen LogP) is 7.30. The number of amides is 2. The van der Waals surface area contributed by atoms with Crippen LogP contribution in [0.25, 0.3) is 27.5 Å². The molecule has 0 bridgehead atoms. The smallest absolute Gasteiger partial charge is 0.338 e. The fourth-order valence-electron chi connectivity index (χ4n) is 5.97. The van der Waals surface area contributed by atoms with E-state index in [1.165, 1.54) is 42.3 Å². The fraction of sp³-hybridized carbons (Fsp3) is 0.206. The summed E-state index contributed by atoms with van der Waals surface area (Å²) in [7, 11) is 1.28. The van der Waals surface area contributed by atoms with Gasteiger partial charge in [0.05, 0.1) is 23.3 Å². The van der Waals surface area contributed by atoms with E-state index in [0.717, 1.165) is 0 Å². The van der Waals surface area contributed by atoms with Gasteiger partial charge >= 0.3 is 11.7 Å². The van der Waals surface area contributed by atoms with Gasteiger partial charge < -0.3 is 28.9 Å². The Morgan fingerprint density at radius 2 is 1.83 bits per heavy atom. The number of esters is 1. The molecular formula is C34H28ClN3O9. The number of allylic oxidation sites excluding steroid dienone is 1. The summed E-state index contributed by atoms with van der Waals surface area (Å²) < 4.78 is 16.5. The van der Waals surface area contributed by atoms with Gasteiger partial charge in [-0.1, -0.05) is 17.7 Å². The number of nitro groups is 1. The Morgan fingerprint density at radius 1 is 1.09 bits per heavy atom. The average molecular weight is 658 g/mol. The number of benzene rings is 3. The number of methoxy groups -OCH3 is 1. The molecule has 6 rings (SSSR count). The van der Waals surface area contributed by atoms with Crippen LogP contribution < -0.4 is 10.2 Å². The SMILES string of the molecule is COC(=O)C(=C(C)C)c1c(C)c(O)cc2c1C(CCl)CN2C(=O)c1cc2cc(NC(=O)c3cc4cccc([N+](=O)[O-])c4o3)ccc2o1. The summed E-state index contributed by atoms with van der Waals surface area (Å²) in [4.78, 5) is 52.0. The van der Waals surface area contributed by atoms with Crippen LogP contribution in [0.2, 0.25) is 0 Å². The first-order valence-electron chi connectivity index (χ1n) is 14.5. The highest BCUT2D eigenvalue weighted by atomic mass is 35.5. The largest absolute Gasteiger partial charge is 0.508 e. The lowest BCUT2D eigenvalue weighted by Gasteiger charge is -2.20. The molecule has 12 nitrogen and oxygen atoms in total. The van der Waals surface area contributed by atoms with Crippen LogP contribution >= 0.6 is 11.6 Å². The molecule has 0 saturated heterocycles. The summed E-state index contributed by atoms with van der Waals surface area (Å²) in [5.74, 6) is -2.09. The summed E-state index contributed by atoms with van der Waals surface area (Å²) in [6, 6.07) is 13.6. The summed E-state index contributed by atoms with van der Waals surface area (Å²) in [6.45, 7) is 5.41. The van der Waals surface area contributed by atoms with E-state index in [4.69, 9.17) is 25.2 Å². The van der Waals surface area contributed by atoms with Crippen LogP contribution in [0, 0.1) is 17.0 Å². The molecule has 13 heteroatoms. The number of hydrogen-bond acceptors (Lipinski definition) is 9. The minimum atomic E-state index is -0.621. The number of aromatic hydroxyl groups is 1. The third-order valence-electron chi connectivity index (χ3n) is 8.18. The molecule has 47 heavy (non-hydrogen) atoms. The van der Waals surface area contributed by atoms with E-state index in [9.17, 15) is 29.6 Å². The Kier molecular flexibility index (Phi) is 7.98. The first-order valence-corrected chi connectivity index (χ1v) is 15.0. The van der Waals surface area contributed by atoms with Gasteiger partial charge in [-0.25, -0.2) is 4.79 Å². The second-order valence-electron chi connectivity index (χ2n) is 11.3. The maximum Gasteiger partial charge on any atom is 0.338 e. The van der Waals surface area contributed by atoms with E-state index in [-0.39, 0.29) is 46.9 Å². The quantitative estimate of drug-likeness (QED) is 0.0600. The highest BCUT2D eigenvalue weighted by Gasteiger charge is 2.39. The molecule has 3 aromatic carbocycles. The van der Waals surface area contributed by atoms with Gasteiger partial charge in [-0.05, 0) is 62.2 Å². The van der Waals surface area contributed by atoms with E-state index in [1.807, 2.05) is 0 Å². The monoisotopic (exact) mass is 657 g/mol. The third kappa shape index (κ3) is 5.36. The third-order valence-corrected chi connectivity index (χ3v) is 8.55. The molecule has 240 valence electrons. The number of hydrogen-bond donors (Lipinski definition) is 2. The van der Waals surface area contributed by atoms with Crippen LogP contribution in [0.15, 0.2) is 69.0 Å². The van der Waals surface area contributed by atoms with Gasteiger partial charge in [0, 0.05) is 52.5 Å². The lowest BCUT2D eigenvalue weighted by Crippen LogP contribution is -2.29. The number of non-ortho nitro benzene ring substituents is 1. The van der Waals surface area contributed by atoms with Crippen LogP contribution in [-0.2, 0) is 9.53 Å². The van der Waals surface area contributed by atoms with Gasteiger partial charge in [-0.3, -0.25) is 19.7 Å². The number of anilines is 2. The first kappa shape index (κ1) is 31.4. The molecule has 5 aromatic rings. The molecule has 0 fully saturated rings. The molecule has 1 unspecified atom stereocenters. The van der Waals surface area contributed by atoms with Crippen molar-refractivity contribution in [1.82, 2.24) is 0 Å². The van der Waals surface area contributed by atoms with Crippen LogP contribution in [-0.4, -0.2) is 47.3 Å². The Labute approximate surface area is 272 Å². The van der Waals surface area contributed by atoms with E-state index < -0.39 is 22.7 Å². The van der Waals surface area contributed by atoms with Crippen molar-refractivity contribution in [3.8, 4) is 5.75 Å². The number of halogens is 1. The molecule has 3 heterocycles. The van der Waals surface area contributed by atoms with Crippen molar-refractivity contribution in [2.24, 2.45) is 0 Å². The number of nitrogens with zero attached hydrogens (tertiary/aromatic N) is 2. The minimum Gasteiger partial charge on any atom is -0.508 e. The molecule has 1 atom stereocenters. The number of nitro benzene ring substituents is 1. The minimum absolute atomic E-state index is 0.00560. The van der Waals surface area contributed by atoms with Gasteiger partial charge in [-0.15, -0.1) is 11.6 Å². The topological polar surface area (TPSA) is 165 Å². The second-order valence-corrected chi connectivity index (χ2v) is 11.7. The number of phenolic OH excluding ortho intramolecular Hbond substituents is 1. The molecule has 1 aliphatic heterocycles. The number of alkyl halides is 1. The van der Waals surface area contributed by atoms with Crippen molar-refractivity contribution >= 4 is 74.0 Å². The summed E-state index contributed by atoms with van der Waals surface area (Å²) >= 11 is 6.40. The molecule has 0 aliphatic carbocycles. The van der Waals surface area contributed by atoms with Crippen molar-refractivity contribution in [3.05, 3.63) is 98.5 Å². The Hall–Kier alpha value is -5.62. The first-order chi connectivity index (χ1) is 22.4. The number of nitrogens with one attached hydrogen (secondary N) is 1. The summed E-state index contributed by atoms with van der Waals surface area (Å²) in [5.41, 5.74) is 3.47. The molecule has 0 spiro atoms. The number of carbonyl (C=O) groups is 3. The van der Waals surface area contributed by atoms with Gasteiger partial charge in [0.25, 0.3) is 11.8 Å². The van der Waals surface area contributed by atoms with Crippen molar-refractivity contribution in [3.63, 3.8) is 0 Å².